The first-order valence-electron chi connectivity index (χ1n) is 6.55. The van der Waals surface area contributed by atoms with Gasteiger partial charge in [-0.1, -0.05) is 12.1 Å². The van der Waals surface area contributed by atoms with Crippen LogP contribution < -0.4 is 5.32 Å². The number of nitrogens with zero attached hydrogens (tertiary/aromatic N) is 1. The van der Waals surface area contributed by atoms with Crippen molar-refractivity contribution in [1.29, 1.82) is 0 Å². The van der Waals surface area contributed by atoms with Crippen LogP contribution in [0.5, 0.6) is 0 Å². The van der Waals surface area contributed by atoms with Gasteiger partial charge in [0.2, 0.25) is 5.91 Å². The Hall–Kier alpha value is -1.88. The second-order valence-corrected chi connectivity index (χ2v) is 4.86. The minimum Gasteiger partial charge on any atom is -0.469 e. The smallest absolute Gasteiger partial charge is 0.306 e. The molecule has 0 saturated heterocycles. The van der Waals surface area contributed by atoms with Crippen molar-refractivity contribution in [2.75, 3.05) is 32.6 Å². The Balaban J connectivity index is 2.47. The lowest BCUT2D eigenvalue weighted by Gasteiger charge is -2.16. The molecule has 1 aromatic carbocycles. The first-order valence-corrected chi connectivity index (χ1v) is 6.55. The van der Waals surface area contributed by atoms with E-state index in [1.807, 2.05) is 32.0 Å². The van der Waals surface area contributed by atoms with Crippen LogP contribution in [0.15, 0.2) is 18.2 Å². The molecule has 1 amide bonds. The molecule has 0 bridgehead atoms. The molecule has 5 heteroatoms. The number of anilines is 1. The normalized spacial score (nSPS) is 10.4. The number of nitrogens with one attached hydrogen (secondary N) is 1. The SMILES string of the molecule is COC(=O)CCN(C)CC(=O)Nc1cccc(C)c1C. The predicted molar refractivity (Wildman–Crippen MR) is 78.7 cm³/mol. The van der Waals surface area contributed by atoms with E-state index in [2.05, 4.69) is 10.1 Å². The number of likely N-dealkylation sites (N-methyl/N-ethyl adjacent to an activating group) is 1. The summed E-state index contributed by atoms with van der Waals surface area (Å²) in [6.45, 7) is 4.72. The van der Waals surface area contributed by atoms with E-state index in [4.69, 9.17) is 0 Å². The lowest BCUT2D eigenvalue weighted by atomic mass is 10.1. The second-order valence-electron chi connectivity index (χ2n) is 4.86. The van der Waals surface area contributed by atoms with E-state index in [9.17, 15) is 9.59 Å². The number of methoxy groups -OCH3 is 1. The van der Waals surface area contributed by atoms with Crippen LogP contribution in [0.1, 0.15) is 17.5 Å². The van der Waals surface area contributed by atoms with Crippen molar-refractivity contribution < 1.29 is 14.3 Å². The van der Waals surface area contributed by atoms with E-state index in [1.165, 1.54) is 7.11 Å². The molecule has 0 atom stereocenters. The van der Waals surface area contributed by atoms with E-state index in [1.54, 1.807) is 11.9 Å². The Kier molecular flexibility index (Phi) is 6.18. The highest BCUT2D eigenvalue weighted by Crippen LogP contribution is 2.17. The quantitative estimate of drug-likeness (QED) is 0.805. The van der Waals surface area contributed by atoms with Gasteiger partial charge in [-0.05, 0) is 38.1 Å². The summed E-state index contributed by atoms with van der Waals surface area (Å²) in [4.78, 5) is 24.7. The lowest BCUT2D eigenvalue weighted by Crippen LogP contribution is -2.32. The standard InChI is InChI=1S/C15H22N2O3/c1-11-6-5-7-13(12(11)2)16-14(18)10-17(3)9-8-15(19)20-4/h5-7H,8-10H2,1-4H3,(H,16,18). The largest absolute Gasteiger partial charge is 0.469 e. The van der Waals surface area contributed by atoms with Gasteiger partial charge in [-0.2, -0.15) is 0 Å². The number of hydrogen-bond donors (Lipinski definition) is 1. The molecule has 0 aliphatic rings. The van der Waals surface area contributed by atoms with Gasteiger partial charge in [-0.15, -0.1) is 0 Å². The topological polar surface area (TPSA) is 58.6 Å². The monoisotopic (exact) mass is 278 g/mol. The number of esters is 1. The first-order chi connectivity index (χ1) is 9.43. The molecule has 0 heterocycles. The van der Waals surface area contributed by atoms with Gasteiger partial charge in [0.25, 0.3) is 0 Å². The molecule has 0 fully saturated rings. The van der Waals surface area contributed by atoms with Crippen molar-refractivity contribution in [1.82, 2.24) is 4.90 Å². The number of carbonyl (C=O) groups excluding carboxylic acids is 2. The van der Waals surface area contributed by atoms with Crippen LogP contribution in [0.4, 0.5) is 5.69 Å². The molecule has 110 valence electrons. The van der Waals surface area contributed by atoms with Crippen LogP contribution in [0.3, 0.4) is 0 Å². The number of hydrogen-bond acceptors (Lipinski definition) is 4. The maximum atomic E-state index is 11.9. The van der Waals surface area contributed by atoms with Gasteiger partial charge < -0.3 is 10.1 Å². The zero-order valence-corrected chi connectivity index (χ0v) is 12.5. The fourth-order valence-electron chi connectivity index (χ4n) is 1.78. The third kappa shape index (κ3) is 5.01. The first kappa shape index (κ1) is 16.2. The van der Waals surface area contributed by atoms with Crippen LogP contribution in [-0.2, 0) is 14.3 Å². The molecular formula is C15H22N2O3. The van der Waals surface area contributed by atoms with E-state index < -0.39 is 0 Å². The van der Waals surface area contributed by atoms with E-state index >= 15 is 0 Å². The molecular weight excluding hydrogens is 256 g/mol. The molecule has 0 aliphatic carbocycles. The summed E-state index contributed by atoms with van der Waals surface area (Å²) >= 11 is 0. The highest BCUT2D eigenvalue weighted by atomic mass is 16.5. The Morgan fingerprint density at radius 2 is 2.00 bits per heavy atom. The fourth-order valence-corrected chi connectivity index (χ4v) is 1.78. The number of ether oxygens (including phenoxy) is 1. The molecule has 0 aliphatic heterocycles. The van der Waals surface area contributed by atoms with Crippen molar-refractivity contribution in [3.05, 3.63) is 29.3 Å². The highest BCUT2D eigenvalue weighted by molar-refractivity contribution is 5.93. The van der Waals surface area contributed by atoms with Gasteiger partial charge in [-0.25, -0.2) is 0 Å². The lowest BCUT2D eigenvalue weighted by molar-refractivity contribution is -0.141. The van der Waals surface area contributed by atoms with Crippen LogP contribution in [-0.4, -0.2) is 44.0 Å². The second kappa shape index (κ2) is 7.65. The van der Waals surface area contributed by atoms with E-state index in [-0.39, 0.29) is 24.8 Å². The molecule has 0 saturated carbocycles. The number of amides is 1. The summed E-state index contributed by atoms with van der Waals surface area (Å²) in [5.41, 5.74) is 3.04. The third-order valence-electron chi connectivity index (χ3n) is 3.22. The Bertz CT molecular complexity index is 486. The summed E-state index contributed by atoms with van der Waals surface area (Å²) in [7, 11) is 3.15. The Labute approximate surface area is 119 Å². The minimum absolute atomic E-state index is 0.0916. The van der Waals surface area contributed by atoms with Crippen LogP contribution in [0.2, 0.25) is 0 Å². The summed E-state index contributed by atoms with van der Waals surface area (Å²) in [6.07, 6.45) is 0.282. The summed E-state index contributed by atoms with van der Waals surface area (Å²) in [6, 6.07) is 5.81. The molecule has 0 aromatic heterocycles. The molecule has 5 nitrogen and oxygen atoms in total. The van der Waals surface area contributed by atoms with Crippen molar-refractivity contribution in [2.45, 2.75) is 20.3 Å². The van der Waals surface area contributed by atoms with Crippen LogP contribution in [0.25, 0.3) is 0 Å². The average Bonchev–Trinajstić information content (AvgIpc) is 2.41. The molecule has 1 N–H and O–H groups in total. The van der Waals surface area contributed by atoms with Gasteiger partial charge in [0.15, 0.2) is 0 Å². The molecule has 0 radical (unpaired) electrons. The van der Waals surface area contributed by atoms with Gasteiger partial charge in [-0.3, -0.25) is 14.5 Å². The van der Waals surface area contributed by atoms with Gasteiger partial charge in [0.1, 0.15) is 0 Å². The zero-order chi connectivity index (χ0) is 15.1. The van der Waals surface area contributed by atoms with E-state index in [0.29, 0.717) is 6.54 Å². The number of carbonyl (C=O) groups is 2. The number of rotatable bonds is 6. The fraction of sp³-hybridized carbons (Fsp3) is 0.467. The molecule has 1 rings (SSSR count). The molecule has 1 aromatic rings. The molecule has 0 unspecified atom stereocenters. The van der Waals surface area contributed by atoms with Gasteiger partial charge in [0, 0.05) is 12.2 Å². The maximum Gasteiger partial charge on any atom is 0.306 e. The average molecular weight is 278 g/mol. The minimum atomic E-state index is -0.271. The van der Waals surface area contributed by atoms with Crippen molar-refractivity contribution in [3.8, 4) is 0 Å². The maximum absolute atomic E-state index is 11.9. The molecule has 20 heavy (non-hydrogen) atoms. The summed E-state index contributed by atoms with van der Waals surface area (Å²) in [5.74, 6) is -0.363. The van der Waals surface area contributed by atoms with Crippen molar-refractivity contribution >= 4 is 17.6 Å². The summed E-state index contributed by atoms with van der Waals surface area (Å²) in [5, 5.41) is 2.89. The van der Waals surface area contributed by atoms with Crippen molar-refractivity contribution in [3.63, 3.8) is 0 Å². The molecule has 0 spiro atoms. The van der Waals surface area contributed by atoms with Crippen LogP contribution >= 0.6 is 0 Å². The zero-order valence-electron chi connectivity index (χ0n) is 12.5. The predicted octanol–water partition coefficient (Wildman–Crippen LogP) is 1.74. The van der Waals surface area contributed by atoms with Gasteiger partial charge in [0.05, 0.1) is 20.1 Å². The third-order valence-corrected chi connectivity index (χ3v) is 3.22. The summed E-state index contributed by atoms with van der Waals surface area (Å²) < 4.78 is 4.56. The van der Waals surface area contributed by atoms with Crippen LogP contribution in [0, 0.1) is 13.8 Å². The number of aryl methyl sites for hydroxylation is 1. The Morgan fingerprint density at radius 1 is 1.30 bits per heavy atom. The highest BCUT2D eigenvalue weighted by Gasteiger charge is 2.10. The van der Waals surface area contributed by atoms with Gasteiger partial charge >= 0.3 is 5.97 Å². The number of benzene rings is 1. The van der Waals surface area contributed by atoms with E-state index in [0.717, 1.165) is 16.8 Å². The Morgan fingerprint density at radius 3 is 2.65 bits per heavy atom. The van der Waals surface area contributed by atoms with Crippen molar-refractivity contribution in [2.24, 2.45) is 0 Å².